The second kappa shape index (κ2) is 6.10. The van der Waals surface area contributed by atoms with Gasteiger partial charge in [-0.25, -0.2) is 8.78 Å². The highest BCUT2D eigenvalue weighted by atomic mass is 19.1. The first-order valence-corrected chi connectivity index (χ1v) is 6.48. The lowest BCUT2D eigenvalue weighted by atomic mass is 9.86. The van der Waals surface area contributed by atoms with Gasteiger partial charge in [-0.2, -0.15) is 0 Å². The lowest BCUT2D eigenvalue weighted by molar-refractivity contribution is 0.0662. The van der Waals surface area contributed by atoms with E-state index in [4.69, 9.17) is 0 Å². The van der Waals surface area contributed by atoms with Crippen LogP contribution in [0.1, 0.15) is 36.0 Å². The van der Waals surface area contributed by atoms with Crippen molar-refractivity contribution < 1.29 is 18.7 Å². The van der Waals surface area contributed by atoms with E-state index >= 15 is 0 Å². The van der Waals surface area contributed by atoms with Crippen LogP contribution in [-0.2, 0) is 0 Å². The Labute approximate surface area is 110 Å². The molecule has 0 aliphatic heterocycles. The maximum Gasteiger partial charge on any atom is 0.251 e. The molecule has 0 bridgehead atoms. The van der Waals surface area contributed by atoms with Crippen LogP contribution >= 0.6 is 0 Å². The molecular weight excluding hydrogens is 252 g/mol. The Bertz CT molecular complexity index is 445. The molecule has 0 aromatic heterocycles. The molecule has 0 heterocycles. The van der Waals surface area contributed by atoms with E-state index in [0.29, 0.717) is 6.54 Å². The SMILES string of the molecule is O=C(NCC1CCCCC1O)c1cc(F)cc(F)c1. The predicted octanol–water partition coefficient (Wildman–Crippen LogP) is 2.25. The van der Waals surface area contributed by atoms with Crippen LogP contribution in [0.3, 0.4) is 0 Å². The molecule has 104 valence electrons. The minimum Gasteiger partial charge on any atom is -0.393 e. The third kappa shape index (κ3) is 3.73. The fourth-order valence-electron chi connectivity index (χ4n) is 2.44. The standard InChI is InChI=1S/C14H17F2NO2/c15-11-5-10(6-12(16)7-11)14(19)17-8-9-3-1-2-4-13(9)18/h5-7,9,13,18H,1-4,8H2,(H,17,19). The molecule has 0 saturated heterocycles. The van der Waals surface area contributed by atoms with Crippen molar-refractivity contribution in [2.45, 2.75) is 31.8 Å². The van der Waals surface area contributed by atoms with Gasteiger partial charge >= 0.3 is 0 Å². The van der Waals surface area contributed by atoms with Gasteiger partial charge in [0.15, 0.2) is 0 Å². The second-order valence-corrected chi connectivity index (χ2v) is 4.98. The Morgan fingerprint density at radius 1 is 1.21 bits per heavy atom. The number of carbonyl (C=O) groups is 1. The molecule has 5 heteroatoms. The topological polar surface area (TPSA) is 49.3 Å². The molecule has 3 nitrogen and oxygen atoms in total. The lowest BCUT2D eigenvalue weighted by Gasteiger charge is -2.27. The Balaban J connectivity index is 1.93. The van der Waals surface area contributed by atoms with E-state index in [1.807, 2.05) is 0 Å². The number of hydrogen-bond acceptors (Lipinski definition) is 2. The van der Waals surface area contributed by atoms with Crippen LogP contribution in [0.4, 0.5) is 8.78 Å². The van der Waals surface area contributed by atoms with E-state index in [1.165, 1.54) is 0 Å². The van der Waals surface area contributed by atoms with Crippen molar-refractivity contribution in [1.29, 1.82) is 0 Å². The zero-order valence-electron chi connectivity index (χ0n) is 10.5. The van der Waals surface area contributed by atoms with Crippen LogP contribution < -0.4 is 5.32 Å². The molecule has 1 aliphatic rings. The van der Waals surface area contributed by atoms with Gasteiger partial charge in [-0.15, -0.1) is 0 Å². The molecule has 2 unspecified atom stereocenters. The van der Waals surface area contributed by atoms with Gasteiger partial charge in [0.2, 0.25) is 0 Å². The molecule has 19 heavy (non-hydrogen) atoms. The Morgan fingerprint density at radius 3 is 2.47 bits per heavy atom. The Kier molecular flexibility index (Phi) is 4.47. The van der Waals surface area contributed by atoms with Gasteiger partial charge < -0.3 is 10.4 Å². The fraction of sp³-hybridized carbons (Fsp3) is 0.500. The predicted molar refractivity (Wildman–Crippen MR) is 66.7 cm³/mol. The first-order chi connectivity index (χ1) is 9.06. The summed E-state index contributed by atoms with van der Waals surface area (Å²) in [6.45, 7) is 0.331. The van der Waals surface area contributed by atoms with Gasteiger partial charge in [0.05, 0.1) is 6.10 Å². The monoisotopic (exact) mass is 269 g/mol. The zero-order chi connectivity index (χ0) is 13.8. The minimum atomic E-state index is -0.775. The van der Waals surface area contributed by atoms with Crippen molar-refractivity contribution in [3.05, 3.63) is 35.4 Å². The van der Waals surface area contributed by atoms with E-state index < -0.39 is 23.6 Å². The highest BCUT2D eigenvalue weighted by Crippen LogP contribution is 2.23. The minimum absolute atomic E-state index is 0.0242. The number of hydrogen-bond donors (Lipinski definition) is 2. The third-order valence-electron chi connectivity index (χ3n) is 3.52. The van der Waals surface area contributed by atoms with Gasteiger partial charge in [0.25, 0.3) is 5.91 Å². The zero-order valence-corrected chi connectivity index (χ0v) is 10.5. The van der Waals surface area contributed by atoms with Crippen LogP contribution in [0.15, 0.2) is 18.2 Å². The first-order valence-electron chi connectivity index (χ1n) is 6.48. The average molecular weight is 269 g/mol. The molecule has 1 saturated carbocycles. The van der Waals surface area contributed by atoms with Gasteiger partial charge in [-0.05, 0) is 25.0 Å². The molecule has 2 N–H and O–H groups in total. The van der Waals surface area contributed by atoms with Gasteiger partial charge in [-0.3, -0.25) is 4.79 Å². The van der Waals surface area contributed by atoms with Crippen molar-refractivity contribution in [1.82, 2.24) is 5.32 Å². The normalized spacial score (nSPS) is 23.1. The van der Waals surface area contributed by atoms with E-state index in [1.54, 1.807) is 0 Å². The number of aliphatic hydroxyl groups is 1. The number of amides is 1. The molecular formula is C14H17F2NO2. The summed E-state index contributed by atoms with van der Waals surface area (Å²) in [4.78, 5) is 11.8. The fourth-order valence-corrected chi connectivity index (χ4v) is 2.44. The number of nitrogens with one attached hydrogen (secondary N) is 1. The molecule has 1 amide bonds. The summed E-state index contributed by atoms with van der Waals surface area (Å²) in [5, 5.41) is 12.4. The summed E-state index contributed by atoms with van der Waals surface area (Å²) in [6, 6.07) is 2.72. The summed E-state index contributed by atoms with van der Waals surface area (Å²) in [5.74, 6) is -2.04. The number of benzene rings is 1. The van der Waals surface area contributed by atoms with E-state index in [0.717, 1.165) is 43.9 Å². The van der Waals surface area contributed by atoms with Crippen LogP contribution in [0.25, 0.3) is 0 Å². The number of rotatable bonds is 3. The third-order valence-corrected chi connectivity index (χ3v) is 3.52. The van der Waals surface area contributed by atoms with E-state index in [-0.39, 0.29) is 11.5 Å². The van der Waals surface area contributed by atoms with Gasteiger partial charge in [-0.1, -0.05) is 12.8 Å². The van der Waals surface area contributed by atoms with Crippen molar-refractivity contribution in [3.8, 4) is 0 Å². The smallest absolute Gasteiger partial charge is 0.251 e. The van der Waals surface area contributed by atoms with Crippen molar-refractivity contribution >= 4 is 5.91 Å². The molecule has 2 rings (SSSR count). The highest BCUT2D eigenvalue weighted by Gasteiger charge is 2.23. The van der Waals surface area contributed by atoms with Crippen LogP contribution in [0, 0.1) is 17.6 Å². The molecule has 0 spiro atoms. The Morgan fingerprint density at radius 2 is 1.84 bits per heavy atom. The molecule has 0 radical (unpaired) electrons. The van der Waals surface area contributed by atoms with Crippen LogP contribution in [-0.4, -0.2) is 23.7 Å². The van der Waals surface area contributed by atoms with Crippen molar-refractivity contribution in [3.63, 3.8) is 0 Å². The first kappa shape index (κ1) is 13.9. The van der Waals surface area contributed by atoms with Gasteiger partial charge in [0.1, 0.15) is 11.6 Å². The molecule has 1 aromatic rings. The van der Waals surface area contributed by atoms with Crippen molar-refractivity contribution in [2.24, 2.45) is 5.92 Å². The van der Waals surface area contributed by atoms with E-state index in [9.17, 15) is 18.7 Å². The molecule has 1 aromatic carbocycles. The molecule has 2 atom stereocenters. The van der Waals surface area contributed by atoms with Crippen LogP contribution in [0.2, 0.25) is 0 Å². The van der Waals surface area contributed by atoms with Gasteiger partial charge in [0, 0.05) is 24.1 Å². The summed E-state index contributed by atoms with van der Waals surface area (Å²) >= 11 is 0. The summed E-state index contributed by atoms with van der Waals surface area (Å²) in [7, 11) is 0. The molecule has 1 aliphatic carbocycles. The van der Waals surface area contributed by atoms with Crippen LogP contribution in [0.5, 0.6) is 0 Å². The number of halogens is 2. The summed E-state index contributed by atoms with van der Waals surface area (Å²) in [6.07, 6.45) is 3.24. The number of aliphatic hydroxyl groups excluding tert-OH is 1. The summed E-state index contributed by atoms with van der Waals surface area (Å²) in [5.41, 5.74) is -0.0391. The highest BCUT2D eigenvalue weighted by molar-refractivity contribution is 5.94. The average Bonchev–Trinajstić information content (AvgIpc) is 2.36. The number of carbonyl (C=O) groups excluding carboxylic acids is 1. The Hall–Kier alpha value is -1.49. The summed E-state index contributed by atoms with van der Waals surface area (Å²) < 4.78 is 26.0. The maximum absolute atomic E-state index is 13.0. The quantitative estimate of drug-likeness (QED) is 0.884. The largest absolute Gasteiger partial charge is 0.393 e. The van der Waals surface area contributed by atoms with E-state index in [2.05, 4.69) is 5.32 Å². The second-order valence-electron chi connectivity index (χ2n) is 4.98. The van der Waals surface area contributed by atoms with Crippen molar-refractivity contribution in [2.75, 3.05) is 6.54 Å². The molecule has 1 fully saturated rings. The maximum atomic E-state index is 13.0. The lowest BCUT2D eigenvalue weighted by Crippen LogP contribution is -2.36.